The molecule has 2 amide bonds. The maximum Gasteiger partial charge on any atom is 0.223 e. The predicted octanol–water partition coefficient (Wildman–Crippen LogP) is 1.93. The minimum Gasteiger partial charge on any atom is -0.339 e. The molecule has 1 saturated heterocycles. The zero-order valence-electron chi connectivity index (χ0n) is 15.4. The summed E-state index contributed by atoms with van der Waals surface area (Å²) in [7, 11) is 3.88. The molecule has 1 aliphatic heterocycles. The smallest absolute Gasteiger partial charge is 0.223 e. The van der Waals surface area contributed by atoms with Crippen molar-refractivity contribution in [3.05, 3.63) is 34.9 Å². The third-order valence-corrected chi connectivity index (χ3v) is 4.71. The van der Waals surface area contributed by atoms with Crippen molar-refractivity contribution in [1.82, 2.24) is 14.7 Å². The minimum atomic E-state index is -0.0849. The molecule has 0 atom stereocenters. The number of hydrogen-bond donors (Lipinski definition) is 0. The second-order valence-electron chi connectivity index (χ2n) is 6.75. The molecule has 142 valence electrons. The van der Waals surface area contributed by atoms with Crippen LogP contribution in [0, 0.1) is 0 Å². The molecule has 0 aromatic heterocycles. The number of carbonyl (C=O) groups excluding carboxylic acids is 3. The van der Waals surface area contributed by atoms with Crippen LogP contribution in [0.2, 0.25) is 5.02 Å². The van der Waals surface area contributed by atoms with Gasteiger partial charge in [-0.15, -0.1) is 0 Å². The molecule has 0 spiro atoms. The van der Waals surface area contributed by atoms with Crippen LogP contribution in [0.1, 0.15) is 29.6 Å². The molecule has 6 nitrogen and oxygen atoms in total. The molecule has 1 aromatic rings. The molecule has 0 unspecified atom stereocenters. The lowest BCUT2D eigenvalue weighted by molar-refractivity contribution is -0.139. The van der Waals surface area contributed by atoms with Crippen LogP contribution < -0.4 is 0 Å². The number of carbonyl (C=O) groups is 3. The third-order valence-electron chi connectivity index (χ3n) is 4.47. The molecule has 1 fully saturated rings. The number of nitrogens with zero attached hydrogens (tertiary/aromatic N) is 3. The van der Waals surface area contributed by atoms with E-state index < -0.39 is 0 Å². The lowest BCUT2D eigenvalue weighted by Crippen LogP contribution is -2.50. The van der Waals surface area contributed by atoms with E-state index in [0.717, 1.165) is 6.54 Å². The SMILES string of the molecule is CN(C)CCC(=O)N1CCN(C(=O)CCC(=O)c2cccc(Cl)c2)CC1. The van der Waals surface area contributed by atoms with Crippen LogP contribution in [-0.2, 0) is 9.59 Å². The van der Waals surface area contributed by atoms with Gasteiger partial charge in [0.15, 0.2) is 5.78 Å². The molecule has 0 saturated carbocycles. The highest BCUT2D eigenvalue weighted by Crippen LogP contribution is 2.14. The summed E-state index contributed by atoms with van der Waals surface area (Å²) in [5.41, 5.74) is 0.529. The highest BCUT2D eigenvalue weighted by atomic mass is 35.5. The monoisotopic (exact) mass is 379 g/mol. The Morgan fingerprint density at radius 1 is 0.962 bits per heavy atom. The molecule has 0 aliphatic carbocycles. The van der Waals surface area contributed by atoms with Crippen LogP contribution in [0.25, 0.3) is 0 Å². The average molecular weight is 380 g/mol. The van der Waals surface area contributed by atoms with Gasteiger partial charge in [-0.05, 0) is 26.2 Å². The van der Waals surface area contributed by atoms with Crippen molar-refractivity contribution in [2.24, 2.45) is 0 Å². The molecule has 1 heterocycles. The number of rotatable bonds is 7. The van der Waals surface area contributed by atoms with E-state index in [-0.39, 0.29) is 30.4 Å². The van der Waals surface area contributed by atoms with Crippen molar-refractivity contribution >= 4 is 29.2 Å². The van der Waals surface area contributed by atoms with Crippen LogP contribution in [-0.4, -0.2) is 79.1 Å². The van der Waals surface area contributed by atoms with Gasteiger partial charge < -0.3 is 14.7 Å². The van der Waals surface area contributed by atoms with Gasteiger partial charge in [-0.1, -0.05) is 23.7 Å². The molecule has 0 N–H and O–H groups in total. The summed E-state index contributed by atoms with van der Waals surface area (Å²) in [6, 6.07) is 6.76. The van der Waals surface area contributed by atoms with Crippen LogP contribution in [0.3, 0.4) is 0 Å². The maximum atomic E-state index is 12.3. The Labute approximate surface area is 159 Å². The first-order valence-electron chi connectivity index (χ1n) is 8.86. The number of piperazine rings is 1. The fraction of sp³-hybridized carbons (Fsp3) is 0.526. The van der Waals surface area contributed by atoms with Gasteiger partial charge in [-0.3, -0.25) is 14.4 Å². The quantitative estimate of drug-likeness (QED) is 0.679. The molecule has 1 aromatic carbocycles. The van der Waals surface area contributed by atoms with Crippen molar-refractivity contribution in [2.45, 2.75) is 19.3 Å². The lowest BCUT2D eigenvalue weighted by Gasteiger charge is -2.35. The second kappa shape index (κ2) is 9.69. The van der Waals surface area contributed by atoms with E-state index in [1.54, 1.807) is 29.2 Å². The van der Waals surface area contributed by atoms with Gasteiger partial charge in [0.25, 0.3) is 0 Å². The van der Waals surface area contributed by atoms with Crippen LogP contribution in [0.4, 0.5) is 0 Å². The van der Waals surface area contributed by atoms with Crippen molar-refractivity contribution in [3.8, 4) is 0 Å². The highest BCUT2D eigenvalue weighted by Gasteiger charge is 2.24. The highest BCUT2D eigenvalue weighted by molar-refractivity contribution is 6.31. The van der Waals surface area contributed by atoms with Crippen molar-refractivity contribution in [2.75, 3.05) is 46.8 Å². The number of benzene rings is 1. The number of Topliss-reactive ketones (excluding diaryl/α,β-unsaturated/α-hetero) is 1. The van der Waals surface area contributed by atoms with E-state index in [1.165, 1.54) is 0 Å². The lowest BCUT2D eigenvalue weighted by atomic mass is 10.1. The summed E-state index contributed by atoms with van der Waals surface area (Å²) in [6.07, 6.45) is 0.843. The summed E-state index contributed by atoms with van der Waals surface area (Å²) in [6.45, 7) is 2.89. The summed E-state index contributed by atoms with van der Waals surface area (Å²) in [5.74, 6) is 0.000973. The van der Waals surface area contributed by atoms with Gasteiger partial charge >= 0.3 is 0 Å². The van der Waals surface area contributed by atoms with E-state index >= 15 is 0 Å². The molecule has 26 heavy (non-hydrogen) atoms. The fourth-order valence-corrected chi connectivity index (χ4v) is 3.06. The van der Waals surface area contributed by atoms with Gasteiger partial charge in [-0.2, -0.15) is 0 Å². The van der Waals surface area contributed by atoms with Crippen LogP contribution >= 0.6 is 11.6 Å². The van der Waals surface area contributed by atoms with E-state index in [2.05, 4.69) is 0 Å². The van der Waals surface area contributed by atoms with E-state index in [4.69, 9.17) is 11.6 Å². The Kier molecular flexibility index (Phi) is 7.60. The van der Waals surface area contributed by atoms with Crippen LogP contribution in [0.15, 0.2) is 24.3 Å². The Balaban J connectivity index is 1.74. The van der Waals surface area contributed by atoms with Gasteiger partial charge in [0.1, 0.15) is 0 Å². The number of ketones is 1. The molecule has 2 rings (SSSR count). The average Bonchev–Trinajstić information content (AvgIpc) is 2.64. The Bertz CT molecular complexity index is 655. The number of halogens is 1. The largest absolute Gasteiger partial charge is 0.339 e. The first-order valence-corrected chi connectivity index (χ1v) is 9.23. The molecule has 0 radical (unpaired) electrons. The topological polar surface area (TPSA) is 60.9 Å². The van der Waals surface area contributed by atoms with Gasteiger partial charge in [0, 0.05) is 62.6 Å². The molecule has 1 aliphatic rings. The van der Waals surface area contributed by atoms with Crippen molar-refractivity contribution in [3.63, 3.8) is 0 Å². The fourth-order valence-electron chi connectivity index (χ4n) is 2.87. The maximum absolute atomic E-state index is 12.3. The summed E-state index contributed by atoms with van der Waals surface area (Å²) in [4.78, 5) is 42.1. The Morgan fingerprint density at radius 3 is 2.08 bits per heavy atom. The molecular formula is C19H26ClN3O3. The summed E-state index contributed by atoms with van der Waals surface area (Å²) < 4.78 is 0. The third kappa shape index (κ3) is 6.11. The van der Waals surface area contributed by atoms with E-state index in [9.17, 15) is 14.4 Å². The Morgan fingerprint density at radius 2 is 1.54 bits per heavy atom. The molecule has 7 heteroatoms. The number of amides is 2. The first-order chi connectivity index (χ1) is 12.4. The zero-order chi connectivity index (χ0) is 19.1. The second-order valence-corrected chi connectivity index (χ2v) is 7.18. The summed E-state index contributed by atoms with van der Waals surface area (Å²) in [5, 5.41) is 0.511. The van der Waals surface area contributed by atoms with E-state index in [0.29, 0.717) is 43.2 Å². The van der Waals surface area contributed by atoms with E-state index in [1.807, 2.05) is 23.9 Å². The van der Waals surface area contributed by atoms with Gasteiger partial charge in [-0.25, -0.2) is 0 Å². The first kappa shape index (κ1) is 20.4. The van der Waals surface area contributed by atoms with Crippen molar-refractivity contribution < 1.29 is 14.4 Å². The normalized spacial score (nSPS) is 14.6. The van der Waals surface area contributed by atoms with Crippen molar-refractivity contribution in [1.29, 1.82) is 0 Å². The summed E-state index contributed by atoms with van der Waals surface area (Å²) >= 11 is 5.89. The standard InChI is InChI=1S/C19H26ClN3O3/c1-21(2)9-8-19(26)23-12-10-22(11-13-23)18(25)7-6-17(24)15-4-3-5-16(20)14-15/h3-5,14H,6-13H2,1-2H3. The Hall–Kier alpha value is -1.92. The number of hydrogen-bond acceptors (Lipinski definition) is 4. The zero-order valence-corrected chi connectivity index (χ0v) is 16.2. The molecule has 0 bridgehead atoms. The molecular weight excluding hydrogens is 354 g/mol. The van der Waals surface area contributed by atoms with Gasteiger partial charge in [0.2, 0.25) is 11.8 Å². The minimum absolute atomic E-state index is 0.0410. The van der Waals surface area contributed by atoms with Crippen LogP contribution in [0.5, 0.6) is 0 Å². The predicted molar refractivity (Wildman–Crippen MR) is 101 cm³/mol. The van der Waals surface area contributed by atoms with Gasteiger partial charge in [0.05, 0.1) is 0 Å².